The van der Waals surface area contributed by atoms with E-state index in [1.807, 2.05) is 60.7 Å². The minimum Gasteiger partial charge on any atom is -0.508 e. The van der Waals surface area contributed by atoms with Gasteiger partial charge in [0.15, 0.2) is 0 Å². The second-order valence-corrected chi connectivity index (χ2v) is 8.76. The minimum absolute atomic E-state index is 0.292. The number of halogens is 2. The van der Waals surface area contributed by atoms with Crippen molar-refractivity contribution in [2.24, 2.45) is 0 Å². The van der Waals surface area contributed by atoms with Gasteiger partial charge in [0.25, 0.3) is 0 Å². The predicted molar refractivity (Wildman–Crippen MR) is 136 cm³/mol. The molecule has 4 heteroatoms. The third kappa shape index (κ3) is 5.46. The van der Waals surface area contributed by atoms with Crippen molar-refractivity contribution in [2.75, 3.05) is 0 Å². The summed E-state index contributed by atoms with van der Waals surface area (Å²) in [5.41, 5.74) is 1.17. The number of phenols is 1. The molecule has 5 aromatic rings. The summed E-state index contributed by atoms with van der Waals surface area (Å²) in [7, 11) is 0. The fraction of sp³-hybridized carbons (Fsp3) is 0.0370. The molecule has 0 radical (unpaired) electrons. The third-order valence-electron chi connectivity index (χ3n) is 4.83. The Labute approximate surface area is 198 Å². The van der Waals surface area contributed by atoms with Crippen molar-refractivity contribution in [3.8, 4) is 11.5 Å². The highest BCUT2D eigenvalue weighted by Gasteiger charge is 2.03. The van der Waals surface area contributed by atoms with Crippen LogP contribution in [0.25, 0.3) is 21.5 Å². The molecule has 0 aromatic heterocycles. The molecule has 5 aromatic carbocycles. The van der Waals surface area contributed by atoms with Gasteiger partial charge in [0.05, 0.1) is 0 Å². The van der Waals surface area contributed by atoms with Gasteiger partial charge in [-0.15, -0.1) is 0 Å². The van der Waals surface area contributed by atoms with Gasteiger partial charge in [-0.2, -0.15) is 0 Å². The van der Waals surface area contributed by atoms with Crippen LogP contribution >= 0.6 is 31.9 Å². The number of hydrogen-bond acceptors (Lipinski definition) is 2. The van der Waals surface area contributed by atoms with E-state index < -0.39 is 0 Å². The molecule has 0 aliphatic rings. The lowest BCUT2D eigenvalue weighted by Crippen LogP contribution is -1.95. The van der Waals surface area contributed by atoms with Crippen molar-refractivity contribution in [1.29, 1.82) is 0 Å². The molecule has 2 nitrogen and oxygen atoms in total. The van der Waals surface area contributed by atoms with E-state index in [2.05, 4.69) is 62.2 Å². The first-order chi connectivity index (χ1) is 15.1. The highest BCUT2D eigenvalue weighted by molar-refractivity contribution is 9.11. The van der Waals surface area contributed by atoms with E-state index in [4.69, 9.17) is 4.74 Å². The molecule has 31 heavy (non-hydrogen) atoms. The van der Waals surface area contributed by atoms with Crippen LogP contribution in [-0.2, 0) is 6.61 Å². The van der Waals surface area contributed by atoms with Crippen molar-refractivity contribution < 1.29 is 9.84 Å². The maximum absolute atomic E-state index is 9.28. The zero-order valence-corrected chi connectivity index (χ0v) is 19.8. The molecular formula is C27H20Br2O2. The molecule has 0 fully saturated rings. The van der Waals surface area contributed by atoms with Gasteiger partial charge in [-0.05, 0) is 51.4 Å². The second-order valence-electron chi connectivity index (χ2n) is 7.05. The van der Waals surface area contributed by atoms with Gasteiger partial charge in [0, 0.05) is 8.95 Å². The van der Waals surface area contributed by atoms with E-state index in [9.17, 15) is 5.11 Å². The molecular weight excluding hydrogens is 516 g/mol. The second kappa shape index (κ2) is 9.99. The zero-order chi connectivity index (χ0) is 21.6. The third-order valence-corrected chi connectivity index (χ3v) is 6.14. The van der Waals surface area contributed by atoms with Crippen LogP contribution in [0.2, 0.25) is 0 Å². The molecule has 0 bridgehead atoms. The van der Waals surface area contributed by atoms with Crippen LogP contribution in [0.5, 0.6) is 11.5 Å². The summed E-state index contributed by atoms with van der Waals surface area (Å²) >= 11 is 6.98. The SMILES string of the molecule is Brc1cc(OCc2ccccc2)cc2ccccc12.Oc1cc(Br)c2ccccc2c1. The molecule has 0 saturated heterocycles. The number of aromatic hydroxyl groups is 1. The molecule has 0 saturated carbocycles. The van der Waals surface area contributed by atoms with Crippen molar-refractivity contribution in [1.82, 2.24) is 0 Å². The van der Waals surface area contributed by atoms with Crippen LogP contribution in [0.1, 0.15) is 5.56 Å². The summed E-state index contributed by atoms with van der Waals surface area (Å²) in [6, 6.07) is 33.9. The molecule has 0 amide bonds. The Kier molecular flexibility index (Phi) is 6.90. The smallest absolute Gasteiger partial charge is 0.121 e. The fourth-order valence-electron chi connectivity index (χ4n) is 3.31. The maximum Gasteiger partial charge on any atom is 0.121 e. The number of ether oxygens (including phenoxy) is 1. The predicted octanol–water partition coefficient (Wildman–Crippen LogP) is 8.49. The molecule has 0 aliphatic heterocycles. The highest BCUT2D eigenvalue weighted by atomic mass is 79.9. The average Bonchev–Trinajstić information content (AvgIpc) is 2.79. The Morgan fingerprint density at radius 2 is 1.16 bits per heavy atom. The quantitative estimate of drug-likeness (QED) is 0.251. The average molecular weight is 536 g/mol. The van der Waals surface area contributed by atoms with Crippen LogP contribution < -0.4 is 4.74 Å². The van der Waals surface area contributed by atoms with E-state index in [0.29, 0.717) is 12.4 Å². The molecule has 0 heterocycles. The summed E-state index contributed by atoms with van der Waals surface area (Å²) in [5, 5.41) is 13.8. The van der Waals surface area contributed by atoms with Crippen molar-refractivity contribution in [3.05, 3.63) is 118 Å². The molecule has 0 atom stereocenters. The summed E-state index contributed by atoms with van der Waals surface area (Å²) in [5.74, 6) is 1.18. The van der Waals surface area contributed by atoms with Gasteiger partial charge in [-0.1, -0.05) is 111 Å². The Bertz CT molecular complexity index is 1320. The van der Waals surface area contributed by atoms with Crippen molar-refractivity contribution >= 4 is 53.4 Å². The highest BCUT2D eigenvalue weighted by Crippen LogP contribution is 2.30. The summed E-state index contributed by atoms with van der Waals surface area (Å²) in [6.07, 6.45) is 0. The zero-order valence-electron chi connectivity index (χ0n) is 16.6. The van der Waals surface area contributed by atoms with E-state index >= 15 is 0 Å². The first kappa shape index (κ1) is 21.4. The first-order valence-electron chi connectivity index (χ1n) is 9.82. The van der Waals surface area contributed by atoms with E-state index in [0.717, 1.165) is 25.5 Å². The van der Waals surface area contributed by atoms with E-state index in [1.165, 1.54) is 16.3 Å². The van der Waals surface area contributed by atoms with Gasteiger partial charge < -0.3 is 9.84 Å². The molecule has 0 aliphatic carbocycles. The van der Waals surface area contributed by atoms with Crippen LogP contribution in [-0.4, -0.2) is 5.11 Å². The number of fused-ring (bicyclic) bond motifs is 2. The van der Waals surface area contributed by atoms with Crippen molar-refractivity contribution in [2.45, 2.75) is 6.61 Å². The van der Waals surface area contributed by atoms with Gasteiger partial charge in [-0.3, -0.25) is 0 Å². The summed E-state index contributed by atoms with van der Waals surface area (Å²) < 4.78 is 7.84. The Morgan fingerprint density at radius 3 is 1.84 bits per heavy atom. The van der Waals surface area contributed by atoms with Crippen LogP contribution in [0.15, 0.2) is 112 Å². The topological polar surface area (TPSA) is 29.5 Å². The van der Waals surface area contributed by atoms with Crippen LogP contribution in [0.3, 0.4) is 0 Å². The molecule has 154 valence electrons. The molecule has 5 rings (SSSR count). The summed E-state index contributed by atoms with van der Waals surface area (Å²) in [4.78, 5) is 0. The Morgan fingerprint density at radius 1 is 0.613 bits per heavy atom. The maximum atomic E-state index is 9.28. The Balaban J connectivity index is 0.000000166. The van der Waals surface area contributed by atoms with Gasteiger partial charge >= 0.3 is 0 Å². The number of phenolic OH excluding ortho intramolecular Hbond substituents is 1. The fourth-order valence-corrected chi connectivity index (χ4v) is 4.49. The Hall–Kier alpha value is -2.82. The standard InChI is InChI=1S/C17H13BrO.C10H7BrO/c18-17-11-15(10-14-8-4-5-9-16(14)17)19-12-13-6-2-1-3-7-13;11-10-6-8(12)5-7-3-1-2-4-9(7)10/h1-11H,12H2;1-6,12H. The van der Waals surface area contributed by atoms with E-state index in [1.54, 1.807) is 12.1 Å². The van der Waals surface area contributed by atoms with Crippen molar-refractivity contribution in [3.63, 3.8) is 0 Å². The van der Waals surface area contributed by atoms with Gasteiger partial charge in [0.2, 0.25) is 0 Å². The van der Waals surface area contributed by atoms with Crippen LogP contribution in [0, 0.1) is 0 Å². The molecule has 0 spiro atoms. The first-order valence-corrected chi connectivity index (χ1v) is 11.4. The van der Waals surface area contributed by atoms with E-state index in [-0.39, 0.29) is 0 Å². The normalized spacial score (nSPS) is 10.5. The minimum atomic E-state index is 0.292. The van der Waals surface area contributed by atoms with Crippen LogP contribution in [0.4, 0.5) is 0 Å². The van der Waals surface area contributed by atoms with Gasteiger partial charge in [0.1, 0.15) is 18.1 Å². The molecule has 0 unspecified atom stereocenters. The lowest BCUT2D eigenvalue weighted by molar-refractivity contribution is 0.306. The number of hydrogen-bond donors (Lipinski definition) is 1. The van der Waals surface area contributed by atoms with Gasteiger partial charge in [-0.25, -0.2) is 0 Å². The monoisotopic (exact) mass is 534 g/mol. The largest absolute Gasteiger partial charge is 0.508 e. The number of rotatable bonds is 3. The summed E-state index contributed by atoms with van der Waals surface area (Å²) in [6.45, 7) is 0.589. The number of benzene rings is 5. The lowest BCUT2D eigenvalue weighted by Gasteiger charge is -2.09. The lowest BCUT2D eigenvalue weighted by atomic mass is 10.1. The molecule has 1 N–H and O–H groups in total.